The van der Waals surface area contributed by atoms with Crippen molar-refractivity contribution in [1.82, 2.24) is 0 Å². The summed E-state index contributed by atoms with van der Waals surface area (Å²) in [5.41, 5.74) is 8.43. The quantitative estimate of drug-likeness (QED) is 0.799. The monoisotopic (exact) mass is 237 g/mol. The van der Waals surface area contributed by atoms with Crippen molar-refractivity contribution in [3.63, 3.8) is 0 Å². The molecule has 1 nitrogen and oxygen atoms in total. The lowest BCUT2D eigenvalue weighted by Gasteiger charge is -2.25. The zero-order chi connectivity index (χ0) is 9.26. The first-order valence-electron chi connectivity index (χ1n) is 4.44. The lowest BCUT2D eigenvalue weighted by molar-refractivity contribution is 0.547. The van der Waals surface area contributed by atoms with Crippen molar-refractivity contribution in [3.05, 3.63) is 39.9 Å². The minimum absolute atomic E-state index is 0.401. The van der Waals surface area contributed by atoms with Crippen molar-refractivity contribution in [2.45, 2.75) is 18.9 Å². The van der Waals surface area contributed by atoms with Gasteiger partial charge in [0.15, 0.2) is 0 Å². The van der Waals surface area contributed by atoms with Gasteiger partial charge in [0.25, 0.3) is 0 Å². The fraction of sp³-hybridized carbons (Fsp3) is 0.273. The van der Waals surface area contributed by atoms with Gasteiger partial charge < -0.3 is 5.73 Å². The van der Waals surface area contributed by atoms with Gasteiger partial charge in [-0.05, 0) is 30.5 Å². The van der Waals surface area contributed by atoms with Gasteiger partial charge in [0.05, 0.1) is 0 Å². The Balaban J connectivity index is 2.14. The maximum Gasteiger partial charge on any atom is 0.0181 e. The lowest BCUT2D eigenvalue weighted by Crippen LogP contribution is -2.29. The molecule has 0 atom stereocenters. The summed E-state index contributed by atoms with van der Waals surface area (Å²) in [6, 6.07) is 8.72. The average molecular weight is 238 g/mol. The van der Waals surface area contributed by atoms with E-state index < -0.39 is 0 Å². The molecule has 1 aliphatic rings. The van der Waals surface area contributed by atoms with Crippen LogP contribution in [-0.2, 0) is 0 Å². The molecule has 0 amide bonds. The van der Waals surface area contributed by atoms with Crippen LogP contribution in [0.4, 0.5) is 0 Å². The van der Waals surface area contributed by atoms with Crippen LogP contribution in [-0.4, -0.2) is 6.04 Å². The smallest absolute Gasteiger partial charge is 0.0181 e. The minimum Gasteiger partial charge on any atom is -0.327 e. The third-order valence-corrected chi connectivity index (χ3v) is 2.76. The first-order valence-corrected chi connectivity index (χ1v) is 5.24. The van der Waals surface area contributed by atoms with E-state index in [9.17, 15) is 0 Å². The Morgan fingerprint density at radius 3 is 2.77 bits per heavy atom. The molecule has 1 aromatic carbocycles. The lowest BCUT2D eigenvalue weighted by atomic mass is 9.86. The molecule has 0 aliphatic heterocycles. The van der Waals surface area contributed by atoms with Crippen molar-refractivity contribution in [1.29, 1.82) is 0 Å². The third-order valence-electron chi connectivity index (χ3n) is 2.27. The molecule has 0 aromatic heterocycles. The largest absolute Gasteiger partial charge is 0.327 e. The van der Waals surface area contributed by atoms with E-state index in [1.807, 2.05) is 6.07 Å². The molecule has 2 N–H and O–H groups in total. The third kappa shape index (κ3) is 2.20. The molecule has 1 fully saturated rings. The second-order valence-electron chi connectivity index (χ2n) is 3.53. The summed E-state index contributed by atoms with van der Waals surface area (Å²) in [5.74, 6) is 0. The van der Waals surface area contributed by atoms with Gasteiger partial charge in [0.2, 0.25) is 0 Å². The standard InChI is InChI=1S/C11H12BrN/c12-10-3-1-2-8(5-10)4-9-6-11(13)7-9/h1-5,11H,6-7,13H2. The first kappa shape index (κ1) is 8.97. The molecule has 2 rings (SSSR count). The molecule has 1 aromatic rings. The topological polar surface area (TPSA) is 26.0 Å². The Hall–Kier alpha value is -0.600. The predicted octanol–water partition coefficient (Wildman–Crippen LogP) is 2.95. The molecule has 68 valence electrons. The molecule has 13 heavy (non-hydrogen) atoms. The Kier molecular flexibility index (Phi) is 2.51. The molecule has 2 heteroatoms. The van der Waals surface area contributed by atoms with Crippen LogP contribution in [0.25, 0.3) is 6.08 Å². The van der Waals surface area contributed by atoms with Crippen LogP contribution < -0.4 is 5.73 Å². The highest BCUT2D eigenvalue weighted by molar-refractivity contribution is 9.10. The molecule has 0 unspecified atom stereocenters. The van der Waals surface area contributed by atoms with Crippen LogP contribution in [0.3, 0.4) is 0 Å². The summed E-state index contributed by atoms with van der Waals surface area (Å²) in [5, 5.41) is 0. The number of nitrogens with two attached hydrogens (primary N) is 1. The van der Waals surface area contributed by atoms with Gasteiger partial charge in [-0.2, -0.15) is 0 Å². The van der Waals surface area contributed by atoms with E-state index in [2.05, 4.69) is 40.2 Å². The number of hydrogen-bond donors (Lipinski definition) is 1. The number of hydrogen-bond acceptors (Lipinski definition) is 1. The minimum atomic E-state index is 0.401. The summed E-state index contributed by atoms with van der Waals surface area (Å²) in [4.78, 5) is 0. The first-order chi connectivity index (χ1) is 6.24. The van der Waals surface area contributed by atoms with Crippen LogP contribution in [0, 0.1) is 0 Å². The molecule has 1 aliphatic carbocycles. The molecule has 1 saturated carbocycles. The maximum absolute atomic E-state index is 5.70. The van der Waals surface area contributed by atoms with Crippen molar-refractivity contribution >= 4 is 22.0 Å². The van der Waals surface area contributed by atoms with Crippen LogP contribution >= 0.6 is 15.9 Å². The fourth-order valence-corrected chi connectivity index (χ4v) is 1.98. The normalized spacial score (nSPS) is 21.1. The Bertz CT molecular complexity index is 336. The van der Waals surface area contributed by atoms with E-state index in [1.165, 1.54) is 11.1 Å². The summed E-state index contributed by atoms with van der Waals surface area (Å²) in [6.45, 7) is 0. The number of benzene rings is 1. The molecule has 0 heterocycles. The van der Waals surface area contributed by atoms with E-state index in [1.54, 1.807) is 0 Å². The van der Waals surface area contributed by atoms with Gasteiger partial charge in [0.1, 0.15) is 0 Å². The summed E-state index contributed by atoms with van der Waals surface area (Å²) < 4.78 is 1.13. The van der Waals surface area contributed by atoms with Crippen molar-refractivity contribution in [2.75, 3.05) is 0 Å². The van der Waals surface area contributed by atoms with E-state index in [0.717, 1.165) is 17.3 Å². The SMILES string of the molecule is NC1CC(=Cc2cccc(Br)c2)C1. The van der Waals surface area contributed by atoms with Crippen LogP contribution in [0.1, 0.15) is 18.4 Å². The van der Waals surface area contributed by atoms with Gasteiger partial charge in [-0.1, -0.05) is 39.7 Å². The van der Waals surface area contributed by atoms with Crippen molar-refractivity contribution < 1.29 is 0 Å². The summed E-state index contributed by atoms with van der Waals surface area (Å²) >= 11 is 3.45. The maximum atomic E-state index is 5.70. The average Bonchev–Trinajstić information content (AvgIpc) is 2.01. The molecular formula is C11H12BrN. The van der Waals surface area contributed by atoms with Gasteiger partial charge in [-0.25, -0.2) is 0 Å². The van der Waals surface area contributed by atoms with E-state index in [0.29, 0.717) is 6.04 Å². The molecule has 0 bridgehead atoms. The predicted molar refractivity (Wildman–Crippen MR) is 59.3 cm³/mol. The highest BCUT2D eigenvalue weighted by Crippen LogP contribution is 2.27. The number of rotatable bonds is 1. The van der Waals surface area contributed by atoms with Crippen molar-refractivity contribution in [2.24, 2.45) is 5.73 Å². The summed E-state index contributed by atoms with van der Waals surface area (Å²) in [6.07, 6.45) is 4.35. The van der Waals surface area contributed by atoms with Gasteiger partial charge >= 0.3 is 0 Å². The fourth-order valence-electron chi connectivity index (χ4n) is 1.56. The molecular weight excluding hydrogens is 226 g/mol. The van der Waals surface area contributed by atoms with E-state index >= 15 is 0 Å². The van der Waals surface area contributed by atoms with Gasteiger partial charge in [-0.3, -0.25) is 0 Å². The Morgan fingerprint density at radius 1 is 1.38 bits per heavy atom. The summed E-state index contributed by atoms with van der Waals surface area (Å²) in [7, 11) is 0. The van der Waals surface area contributed by atoms with E-state index in [4.69, 9.17) is 5.73 Å². The zero-order valence-electron chi connectivity index (χ0n) is 7.33. The van der Waals surface area contributed by atoms with Crippen LogP contribution in [0.2, 0.25) is 0 Å². The van der Waals surface area contributed by atoms with Crippen LogP contribution in [0.15, 0.2) is 34.3 Å². The second kappa shape index (κ2) is 3.64. The Labute approximate surface area is 86.8 Å². The number of halogens is 1. The highest BCUT2D eigenvalue weighted by Gasteiger charge is 2.17. The van der Waals surface area contributed by atoms with Gasteiger partial charge in [0, 0.05) is 10.5 Å². The zero-order valence-corrected chi connectivity index (χ0v) is 8.92. The van der Waals surface area contributed by atoms with Crippen molar-refractivity contribution in [3.8, 4) is 0 Å². The highest BCUT2D eigenvalue weighted by atomic mass is 79.9. The van der Waals surface area contributed by atoms with Gasteiger partial charge in [-0.15, -0.1) is 0 Å². The molecule has 0 saturated heterocycles. The Morgan fingerprint density at radius 2 is 2.15 bits per heavy atom. The van der Waals surface area contributed by atoms with Crippen LogP contribution in [0.5, 0.6) is 0 Å². The second-order valence-corrected chi connectivity index (χ2v) is 4.44. The molecule has 0 spiro atoms. The van der Waals surface area contributed by atoms with E-state index in [-0.39, 0.29) is 0 Å². The molecule has 0 radical (unpaired) electrons.